The van der Waals surface area contributed by atoms with Crippen LogP contribution in [0.1, 0.15) is 6.42 Å². The van der Waals surface area contributed by atoms with Gasteiger partial charge in [0.05, 0.1) is 6.61 Å². The molecule has 0 spiro atoms. The van der Waals surface area contributed by atoms with Gasteiger partial charge in [0.2, 0.25) is 5.91 Å². The largest absolute Gasteiger partial charge is 0.383 e. The van der Waals surface area contributed by atoms with Crippen LogP contribution < -0.4 is 10.6 Å². The molecule has 2 rings (SSSR count). The molecule has 5 heteroatoms. The van der Waals surface area contributed by atoms with Gasteiger partial charge in [-0.05, 0) is 11.5 Å². The molecule has 0 radical (unpaired) electrons. The lowest BCUT2D eigenvalue weighted by molar-refractivity contribution is -0.121. The average molecular weight is 273 g/mol. The molecule has 20 heavy (non-hydrogen) atoms. The molecule has 2 N–H and O–H groups in total. The normalized spacial score (nSPS) is 10.4. The van der Waals surface area contributed by atoms with Crippen molar-refractivity contribution in [2.24, 2.45) is 0 Å². The fourth-order valence-electron chi connectivity index (χ4n) is 1.94. The zero-order chi connectivity index (χ0) is 14.2. The molecule has 0 saturated heterocycles. The SMILES string of the molecule is COCCNC(=O)CCNc1nccc2ccccc12. The van der Waals surface area contributed by atoms with Gasteiger partial charge in [-0.3, -0.25) is 4.79 Å². The maximum absolute atomic E-state index is 11.5. The first-order chi connectivity index (χ1) is 9.81. The zero-order valence-corrected chi connectivity index (χ0v) is 11.6. The van der Waals surface area contributed by atoms with E-state index in [0.29, 0.717) is 26.1 Å². The molecule has 106 valence electrons. The van der Waals surface area contributed by atoms with Crippen LogP contribution in [0.25, 0.3) is 10.8 Å². The Hall–Kier alpha value is -2.14. The lowest BCUT2D eigenvalue weighted by Gasteiger charge is -2.09. The molecule has 0 atom stereocenters. The summed E-state index contributed by atoms with van der Waals surface area (Å²) < 4.78 is 4.87. The van der Waals surface area contributed by atoms with E-state index in [1.165, 1.54) is 0 Å². The zero-order valence-electron chi connectivity index (χ0n) is 11.6. The first kappa shape index (κ1) is 14.3. The second-order valence-corrected chi connectivity index (χ2v) is 4.40. The van der Waals surface area contributed by atoms with Crippen molar-refractivity contribution in [2.45, 2.75) is 6.42 Å². The monoisotopic (exact) mass is 273 g/mol. The van der Waals surface area contributed by atoms with E-state index in [0.717, 1.165) is 16.6 Å². The summed E-state index contributed by atoms with van der Waals surface area (Å²) in [5.74, 6) is 0.822. The molecule has 1 heterocycles. The average Bonchev–Trinajstić information content (AvgIpc) is 2.48. The number of rotatable bonds is 7. The number of pyridine rings is 1. The fourth-order valence-corrected chi connectivity index (χ4v) is 1.94. The van der Waals surface area contributed by atoms with Crippen molar-refractivity contribution in [3.63, 3.8) is 0 Å². The molecule has 2 aromatic rings. The summed E-state index contributed by atoms with van der Waals surface area (Å²) in [5.41, 5.74) is 0. The van der Waals surface area contributed by atoms with Gasteiger partial charge in [-0.15, -0.1) is 0 Å². The summed E-state index contributed by atoms with van der Waals surface area (Å²) in [6.45, 7) is 1.63. The van der Waals surface area contributed by atoms with Crippen molar-refractivity contribution in [3.05, 3.63) is 36.5 Å². The Labute approximate surface area is 118 Å². The van der Waals surface area contributed by atoms with Crippen LogP contribution in [0.15, 0.2) is 36.5 Å². The molecule has 0 unspecified atom stereocenters. The summed E-state index contributed by atoms with van der Waals surface area (Å²) in [5, 5.41) is 8.19. The molecule has 0 bridgehead atoms. The lowest BCUT2D eigenvalue weighted by atomic mass is 10.1. The number of carbonyl (C=O) groups is 1. The van der Waals surface area contributed by atoms with Crippen LogP contribution in [0, 0.1) is 0 Å². The molecule has 0 fully saturated rings. The molecular formula is C15H19N3O2. The molecule has 1 amide bonds. The molecule has 0 aliphatic carbocycles. The number of nitrogens with one attached hydrogen (secondary N) is 2. The number of anilines is 1. The topological polar surface area (TPSA) is 63.2 Å². The standard InChI is InChI=1S/C15H19N3O2/c1-20-11-10-16-14(19)7-9-18-15-13-5-3-2-4-12(13)6-8-17-15/h2-6,8H,7,9-11H2,1H3,(H,16,19)(H,17,18). The van der Waals surface area contributed by atoms with E-state index in [9.17, 15) is 4.79 Å². The molecule has 0 aliphatic rings. The minimum absolute atomic E-state index is 0.00906. The van der Waals surface area contributed by atoms with Gasteiger partial charge < -0.3 is 15.4 Å². The van der Waals surface area contributed by atoms with E-state index in [1.807, 2.05) is 30.3 Å². The summed E-state index contributed by atoms with van der Waals surface area (Å²) in [6, 6.07) is 10.0. The number of nitrogens with zero attached hydrogens (tertiary/aromatic N) is 1. The predicted octanol–water partition coefficient (Wildman–Crippen LogP) is 1.80. The van der Waals surface area contributed by atoms with Crippen molar-refractivity contribution in [3.8, 4) is 0 Å². The Kier molecular flexibility index (Phi) is 5.32. The third-order valence-corrected chi connectivity index (χ3v) is 2.95. The van der Waals surface area contributed by atoms with E-state index in [-0.39, 0.29) is 5.91 Å². The molecule has 1 aromatic heterocycles. The number of hydrogen-bond donors (Lipinski definition) is 2. The summed E-state index contributed by atoms with van der Waals surface area (Å²) in [6.07, 6.45) is 2.18. The fraction of sp³-hybridized carbons (Fsp3) is 0.333. The Bertz CT molecular complexity index is 567. The Balaban J connectivity index is 1.85. The summed E-state index contributed by atoms with van der Waals surface area (Å²) >= 11 is 0. The van der Waals surface area contributed by atoms with Gasteiger partial charge in [0.1, 0.15) is 5.82 Å². The first-order valence-corrected chi connectivity index (χ1v) is 6.64. The quantitative estimate of drug-likeness (QED) is 0.755. The van der Waals surface area contributed by atoms with Crippen molar-refractivity contribution >= 4 is 22.5 Å². The number of carbonyl (C=O) groups excluding carboxylic acids is 1. The van der Waals surface area contributed by atoms with Gasteiger partial charge in [0.15, 0.2) is 0 Å². The van der Waals surface area contributed by atoms with Crippen molar-refractivity contribution in [2.75, 3.05) is 32.1 Å². The number of amides is 1. The van der Waals surface area contributed by atoms with Crippen molar-refractivity contribution in [1.82, 2.24) is 10.3 Å². The van der Waals surface area contributed by atoms with Gasteiger partial charge >= 0.3 is 0 Å². The smallest absolute Gasteiger partial charge is 0.221 e. The molecule has 0 saturated carbocycles. The lowest BCUT2D eigenvalue weighted by Crippen LogP contribution is -2.28. The van der Waals surface area contributed by atoms with Crippen LogP contribution in [0.2, 0.25) is 0 Å². The highest BCUT2D eigenvalue weighted by Gasteiger charge is 2.03. The Morgan fingerprint density at radius 1 is 1.25 bits per heavy atom. The van der Waals surface area contributed by atoms with E-state index < -0.39 is 0 Å². The van der Waals surface area contributed by atoms with Gasteiger partial charge in [-0.2, -0.15) is 0 Å². The van der Waals surface area contributed by atoms with Crippen LogP contribution in [0.4, 0.5) is 5.82 Å². The Morgan fingerprint density at radius 3 is 2.95 bits per heavy atom. The summed E-state index contributed by atoms with van der Waals surface area (Å²) in [7, 11) is 1.61. The minimum Gasteiger partial charge on any atom is -0.383 e. The highest BCUT2D eigenvalue weighted by molar-refractivity contribution is 5.91. The van der Waals surface area contributed by atoms with Crippen LogP contribution >= 0.6 is 0 Å². The minimum atomic E-state index is 0.00906. The van der Waals surface area contributed by atoms with Crippen molar-refractivity contribution in [1.29, 1.82) is 0 Å². The van der Waals surface area contributed by atoms with Gasteiger partial charge in [-0.1, -0.05) is 24.3 Å². The van der Waals surface area contributed by atoms with Crippen LogP contribution in [0.5, 0.6) is 0 Å². The maximum atomic E-state index is 11.5. The predicted molar refractivity (Wildman–Crippen MR) is 79.7 cm³/mol. The highest BCUT2D eigenvalue weighted by atomic mass is 16.5. The van der Waals surface area contributed by atoms with Crippen LogP contribution in [0.3, 0.4) is 0 Å². The third-order valence-electron chi connectivity index (χ3n) is 2.95. The van der Waals surface area contributed by atoms with E-state index in [4.69, 9.17) is 4.74 Å². The van der Waals surface area contributed by atoms with E-state index >= 15 is 0 Å². The Morgan fingerprint density at radius 2 is 2.10 bits per heavy atom. The second kappa shape index (κ2) is 7.45. The van der Waals surface area contributed by atoms with E-state index in [2.05, 4.69) is 15.6 Å². The first-order valence-electron chi connectivity index (χ1n) is 6.64. The van der Waals surface area contributed by atoms with Gasteiger partial charge in [0.25, 0.3) is 0 Å². The number of methoxy groups -OCH3 is 1. The van der Waals surface area contributed by atoms with Crippen LogP contribution in [-0.2, 0) is 9.53 Å². The third kappa shape index (κ3) is 3.93. The van der Waals surface area contributed by atoms with Gasteiger partial charge in [-0.25, -0.2) is 4.98 Å². The van der Waals surface area contributed by atoms with Crippen LogP contribution in [-0.4, -0.2) is 37.7 Å². The maximum Gasteiger partial charge on any atom is 0.221 e. The number of hydrogen-bond acceptors (Lipinski definition) is 4. The number of aromatic nitrogens is 1. The van der Waals surface area contributed by atoms with E-state index in [1.54, 1.807) is 13.3 Å². The molecule has 5 nitrogen and oxygen atoms in total. The second-order valence-electron chi connectivity index (χ2n) is 4.40. The molecular weight excluding hydrogens is 254 g/mol. The number of fused-ring (bicyclic) bond motifs is 1. The van der Waals surface area contributed by atoms with Gasteiger partial charge in [0, 0.05) is 38.2 Å². The summed E-state index contributed by atoms with van der Waals surface area (Å²) in [4.78, 5) is 15.9. The molecule has 1 aromatic carbocycles. The van der Waals surface area contributed by atoms with Crippen molar-refractivity contribution < 1.29 is 9.53 Å². The highest BCUT2D eigenvalue weighted by Crippen LogP contribution is 2.19. The number of benzene rings is 1. The molecule has 0 aliphatic heterocycles. The number of ether oxygens (including phenoxy) is 1.